The molecule has 5 rings (SSSR count). The fourth-order valence-electron chi connectivity index (χ4n) is 4.95. The summed E-state index contributed by atoms with van der Waals surface area (Å²) < 4.78 is 47.9. The molecule has 0 saturated carbocycles. The van der Waals surface area contributed by atoms with E-state index in [0.717, 1.165) is 11.6 Å². The highest BCUT2D eigenvalue weighted by molar-refractivity contribution is 5.75. The first kappa shape index (κ1) is 24.6. The number of aromatic nitrogens is 3. The van der Waals surface area contributed by atoms with Crippen LogP contribution in [0.3, 0.4) is 0 Å². The van der Waals surface area contributed by atoms with E-state index in [1.807, 2.05) is 13.0 Å². The van der Waals surface area contributed by atoms with Crippen molar-refractivity contribution in [2.45, 2.75) is 37.7 Å². The second-order valence-electron chi connectivity index (χ2n) is 9.18. The molecule has 3 N–H and O–H groups in total. The van der Waals surface area contributed by atoms with Gasteiger partial charge in [-0.1, -0.05) is 18.2 Å². The van der Waals surface area contributed by atoms with Crippen molar-refractivity contribution >= 4 is 11.8 Å². The van der Waals surface area contributed by atoms with E-state index in [4.69, 9.17) is 10.5 Å². The molecule has 2 aromatic heterocycles. The number of alkyl halides is 3. The Bertz CT molecular complexity index is 1400. The maximum Gasteiger partial charge on any atom is 0.419 e. The number of carbonyl (C=O) groups is 1. The lowest BCUT2D eigenvalue weighted by atomic mass is 9.96. The number of benzene rings is 1. The third-order valence-corrected chi connectivity index (χ3v) is 6.85. The Kier molecular flexibility index (Phi) is 6.03. The molecule has 192 valence electrons. The van der Waals surface area contributed by atoms with Gasteiger partial charge in [-0.3, -0.25) is 4.68 Å². The van der Waals surface area contributed by atoms with Gasteiger partial charge in [0.1, 0.15) is 11.4 Å². The number of nitrogens with two attached hydrogens (primary N) is 1. The lowest BCUT2D eigenvalue weighted by molar-refractivity contribution is -0.137. The second-order valence-corrected chi connectivity index (χ2v) is 9.18. The molecule has 1 aromatic carbocycles. The van der Waals surface area contributed by atoms with Gasteiger partial charge >= 0.3 is 12.2 Å². The van der Waals surface area contributed by atoms with Crippen LogP contribution >= 0.6 is 0 Å². The van der Waals surface area contributed by atoms with E-state index < -0.39 is 23.2 Å². The molecular formula is C25H24F3N7O2. The average molecular weight is 512 g/mol. The van der Waals surface area contributed by atoms with Gasteiger partial charge in [0.25, 0.3) is 0 Å². The first-order valence-corrected chi connectivity index (χ1v) is 11.7. The highest BCUT2D eigenvalue weighted by Gasteiger charge is 2.47. The van der Waals surface area contributed by atoms with Crippen molar-refractivity contribution in [2.24, 2.45) is 0 Å². The van der Waals surface area contributed by atoms with E-state index in [2.05, 4.69) is 21.5 Å². The number of nitrogens with one attached hydrogen (secondary N) is 1. The zero-order chi connectivity index (χ0) is 26.4. The summed E-state index contributed by atoms with van der Waals surface area (Å²) in [6.45, 7) is 3.27. The number of hydrogen-bond acceptors (Lipinski definition) is 6. The van der Waals surface area contributed by atoms with Crippen molar-refractivity contribution < 1.29 is 22.7 Å². The predicted octanol–water partition coefficient (Wildman–Crippen LogP) is 3.82. The molecule has 0 radical (unpaired) electrons. The Balaban J connectivity index is 1.37. The number of nitrogen functional groups attached to an aromatic ring is 1. The number of amides is 2. The molecule has 1 saturated heterocycles. The minimum Gasteiger partial charge on any atom is -0.383 e. The lowest BCUT2D eigenvalue weighted by Crippen LogP contribution is -2.44. The fourth-order valence-corrected chi connectivity index (χ4v) is 4.95. The van der Waals surface area contributed by atoms with Gasteiger partial charge in [0.15, 0.2) is 0 Å². The van der Waals surface area contributed by atoms with E-state index in [9.17, 15) is 23.2 Å². The highest BCUT2D eigenvalue weighted by Crippen LogP contribution is 2.41. The summed E-state index contributed by atoms with van der Waals surface area (Å²) in [7, 11) is 0. The fraction of sp³-hybridized carbons (Fsp3) is 0.360. The number of likely N-dealkylation sites (tertiary alicyclic amines) is 1. The molecule has 0 bridgehead atoms. The Morgan fingerprint density at radius 3 is 2.84 bits per heavy atom. The smallest absolute Gasteiger partial charge is 0.383 e. The molecule has 2 atom stereocenters. The zero-order valence-electron chi connectivity index (χ0n) is 19.9. The zero-order valence-corrected chi connectivity index (χ0v) is 19.9. The van der Waals surface area contributed by atoms with Crippen molar-refractivity contribution in [1.29, 1.82) is 5.26 Å². The molecule has 2 aliphatic heterocycles. The van der Waals surface area contributed by atoms with Gasteiger partial charge in [-0.15, -0.1) is 0 Å². The van der Waals surface area contributed by atoms with Crippen LogP contribution in [0, 0.1) is 11.3 Å². The Morgan fingerprint density at radius 1 is 1.30 bits per heavy atom. The highest BCUT2D eigenvalue weighted by atomic mass is 19.4. The summed E-state index contributed by atoms with van der Waals surface area (Å²) >= 11 is 0. The summed E-state index contributed by atoms with van der Waals surface area (Å²) in [4.78, 5) is 18.4. The predicted molar refractivity (Wildman–Crippen MR) is 127 cm³/mol. The molecule has 12 heteroatoms. The Morgan fingerprint density at radius 2 is 2.08 bits per heavy atom. The number of urea groups is 1. The minimum absolute atomic E-state index is 0.191. The summed E-state index contributed by atoms with van der Waals surface area (Å²) in [5, 5.41) is 16.8. The Hall–Kier alpha value is -4.11. The molecule has 1 spiro atoms. The van der Waals surface area contributed by atoms with Gasteiger partial charge in [0.05, 0.1) is 54.3 Å². The number of nitriles is 1. The van der Waals surface area contributed by atoms with Crippen molar-refractivity contribution in [1.82, 2.24) is 25.0 Å². The molecule has 0 unspecified atom stereocenters. The number of pyridine rings is 1. The standard InChI is InChI=1S/C25H24F3N7O2/c1-15(18-5-3-2-4-16(18)12-29)32-23(36)34-7-6-24(14-34)21-11-20(33-35(21)8-9-37-24)17-10-19(25(26,27)28)22(30)31-13-17/h2-5,10-11,13,15H,6-9,14H2,1H3,(H2,30,31)(H,32,36)/t15-,24-/m1/s1. The van der Waals surface area contributed by atoms with Crippen molar-refractivity contribution in [3.8, 4) is 17.3 Å². The van der Waals surface area contributed by atoms with Crippen LogP contribution in [0.25, 0.3) is 11.3 Å². The van der Waals surface area contributed by atoms with E-state index in [0.29, 0.717) is 43.1 Å². The average Bonchev–Trinajstić information content (AvgIpc) is 3.50. The van der Waals surface area contributed by atoms with Gasteiger partial charge in [0, 0.05) is 24.7 Å². The molecule has 2 amide bonds. The molecule has 3 aromatic rings. The molecule has 4 heterocycles. The lowest BCUT2D eigenvalue weighted by Gasteiger charge is -2.34. The number of carbonyl (C=O) groups excluding carboxylic acids is 1. The number of fused-ring (bicyclic) bond motifs is 2. The monoisotopic (exact) mass is 511 g/mol. The van der Waals surface area contributed by atoms with Gasteiger partial charge < -0.3 is 20.7 Å². The first-order chi connectivity index (χ1) is 17.6. The summed E-state index contributed by atoms with van der Waals surface area (Å²) in [5.74, 6) is -0.593. The summed E-state index contributed by atoms with van der Waals surface area (Å²) in [6, 6.07) is 11.2. The topological polar surface area (TPSA) is 122 Å². The molecular weight excluding hydrogens is 487 g/mol. The number of rotatable bonds is 3. The number of nitrogens with zero attached hydrogens (tertiary/aromatic N) is 5. The van der Waals surface area contributed by atoms with Crippen LogP contribution in [-0.2, 0) is 23.1 Å². The SMILES string of the molecule is C[C@@H](NC(=O)N1CC[C@]2(C1)OCCn1nc(-c3cnc(N)c(C(F)(F)F)c3)cc12)c1ccccc1C#N. The van der Waals surface area contributed by atoms with Gasteiger partial charge in [0.2, 0.25) is 0 Å². The van der Waals surface area contributed by atoms with Crippen molar-refractivity contribution in [2.75, 3.05) is 25.4 Å². The Labute approximate surface area is 210 Å². The van der Waals surface area contributed by atoms with Crippen molar-refractivity contribution in [3.63, 3.8) is 0 Å². The van der Waals surface area contributed by atoms with Crippen LogP contribution in [0.4, 0.5) is 23.8 Å². The van der Waals surface area contributed by atoms with Crippen LogP contribution in [-0.4, -0.2) is 45.4 Å². The molecule has 37 heavy (non-hydrogen) atoms. The van der Waals surface area contributed by atoms with Crippen LogP contribution in [0.15, 0.2) is 42.6 Å². The van der Waals surface area contributed by atoms with Gasteiger partial charge in [-0.25, -0.2) is 9.78 Å². The maximum absolute atomic E-state index is 13.3. The minimum atomic E-state index is -4.64. The first-order valence-electron chi connectivity index (χ1n) is 11.7. The van der Waals surface area contributed by atoms with Gasteiger partial charge in [-0.2, -0.15) is 23.5 Å². The quantitative estimate of drug-likeness (QED) is 0.551. The van der Waals surface area contributed by atoms with Gasteiger partial charge in [-0.05, 0) is 30.7 Å². The van der Waals surface area contributed by atoms with E-state index in [1.165, 1.54) is 6.20 Å². The number of ether oxygens (including phenoxy) is 1. The molecule has 9 nitrogen and oxygen atoms in total. The number of anilines is 1. The van der Waals surface area contributed by atoms with Crippen molar-refractivity contribution in [3.05, 3.63) is 65.0 Å². The third-order valence-electron chi connectivity index (χ3n) is 6.85. The van der Waals surface area contributed by atoms with Crippen LogP contribution < -0.4 is 11.1 Å². The molecule has 2 aliphatic rings. The van der Waals surface area contributed by atoms with E-state index in [1.54, 1.807) is 33.8 Å². The molecule has 1 fully saturated rings. The summed E-state index contributed by atoms with van der Waals surface area (Å²) in [5.41, 5.74) is 6.01. The normalized spacial score (nSPS) is 19.9. The summed E-state index contributed by atoms with van der Waals surface area (Å²) in [6.07, 6.45) is -2.87. The number of halogens is 3. The third kappa shape index (κ3) is 4.46. The molecule has 0 aliphatic carbocycles. The maximum atomic E-state index is 13.3. The van der Waals surface area contributed by atoms with Crippen LogP contribution in [0.1, 0.15) is 41.8 Å². The van der Waals surface area contributed by atoms with Crippen LogP contribution in [0.5, 0.6) is 0 Å². The van der Waals surface area contributed by atoms with E-state index in [-0.39, 0.29) is 24.2 Å². The second kappa shape index (κ2) is 9.08. The van der Waals surface area contributed by atoms with Crippen LogP contribution in [0.2, 0.25) is 0 Å². The van der Waals surface area contributed by atoms with E-state index >= 15 is 0 Å². The largest absolute Gasteiger partial charge is 0.419 e. The number of hydrogen-bond donors (Lipinski definition) is 2.